The predicted octanol–water partition coefficient (Wildman–Crippen LogP) is 4.34. The van der Waals surface area contributed by atoms with Gasteiger partial charge in [0.1, 0.15) is 5.75 Å². The van der Waals surface area contributed by atoms with Gasteiger partial charge in [0, 0.05) is 28.3 Å². The van der Waals surface area contributed by atoms with Crippen LogP contribution >= 0.6 is 11.6 Å². The number of sulfonamides is 1. The van der Waals surface area contributed by atoms with Gasteiger partial charge < -0.3 is 10.1 Å². The molecular formula is C24H23ClN6O4S. The van der Waals surface area contributed by atoms with E-state index in [0.717, 1.165) is 5.56 Å². The van der Waals surface area contributed by atoms with Gasteiger partial charge in [0.15, 0.2) is 12.4 Å². The number of carbonyl (C=O) groups excluding carboxylic acids is 1. The first-order valence-corrected chi connectivity index (χ1v) is 12.6. The molecule has 2 N–H and O–H groups in total. The SMILES string of the molecule is Cc1cc(C)nc(NS(=O)(=O)c2ccc(NC(=O)c3ccn(COc4ccc(Cl)c(C)c4)n3)cc2)n1. The van der Waals surface area contributed by atoms with Crippen molar-refractivity contribution in [2.45, 2.75) is 32.4 Å². The van der Waals surface area contributed by atoms with Gasteiger partial charge in [-0.3, -0.25) is 4.79 Å². The lowest BCUT2D eigenvalue weighted by molar-refractivity contribution is 0.102. The number of aryl methyl sites for hydroxylation is 3. The van der Waals surface area contributed by atoms with Gasteiger partial charge in [0.25, 0.3) is 15.9 Å². The van der Waals surface area contributed by atoms with Gasteiger partial charge in [-0.25, -0.2) is 27.8 Å². The van der Waals surface area contributed by atoms with E-state index in [4.69, 9.17) is 16.3 Å². The van der Waals surface area contributed by atoms with Gasteiger partial charge in [0.05, 0.1) is 4.90 Å². The molecule has 12 heteroatoms. The zero-order valence-corrected chi connectivity index (χ0v) is 21.3. The second-order valence-electron chi connectivity index (χ2n) is 7.98. The maximum absolute atomic E-state index is 12.7. The Balaban J connectivity index is 1.37. The fraction of sp³-hybridized carbons (Fsp3) is 0.167. The highest BCUT2D eigenvalue weighted by Gasteiger charge is 2.17. The number of halogens is 1. The lowest BCUT2D eigenvalue weighted by Crippen LogP contribution is -2.16. The van der Waals surface area contributed by atoms with Crippen LogP contribution < -0.4 is 14.8 Å². The molecule has 0 saturated heterocycles. The Kier molecular flexibility index (Phi) is 7.22. The van der Waals surface area contributed by atoms with Crippen LogP contribution in [0, 0.1) is 20.8 Å². The Morgan fingerprint density at radius 1 is 1.00 bits per heavy atom. The van der Waals surface area contributed by atoms with E-state index in [1.54, 1.807) is 44.3 Å². The van der Waals surface area contributed by atoms with Crippen molar-refractivity contribution in [3.63, 3.8) is 0 Å². The molecule has 0 atom stereocenters. The van der Waals surface area contributed by atoms with Crippen molar-refractivity contribution in [1.82, 2.24) is 19.7 Å². The second-order valence-corrected chi connectivity index (χ2v) is 10.1. The minimum Gasteiger partial charge on any atom is -0.471 e. The van der Waals surface area contributed by atoms with Crippen LogP contribution in [0.4, 0.5) is 11.6 Å². The van der Waals surface area contributed by atoms with Crippen molar-refractivity contribution in [2.24, 2.45) is 0 Å². The normalized spacial score (nSPS) is 11.2. The summed E-state index contributed by atoms with van der Waals surface area (Å²) in [6, 6.07) is 14.3. The van der Waals surface area contributed by atoms with E-state index in [9.17, 15) is 13.2 Å². The Bertz CT molecular complexity index is 1500. The zero-order chi connectivity index (χ0) is 25.9. The van der Waals surface area contributed by atoms with Crippen molar-refractivity contribution in [2.75, 3.05) is 10.0 Å². The number of carbonyl (C=O) groups is 1. The van der Waals surface area contributed by atoms with Crippen LogP contribution in [0.15, 0.2) is 65.7 Å². The molecule has 0 spiro atoms. The maximum Gasteiger partial charge on any atom is 0.276 e. The van der Waals surface area contributed by atoms with E-state index < -0.39 is 15.9 Å². The molecule has 0 bridgehead atoms. The van der Waals surface area contributed by atoms with Crippen LogP contribution in [0.3, 0.4) is 0 Å². The van der Waals surface area contributed by atoms with Crippen molar-refractivity contribution in [3.8, 4) is 5.75 Å². The van der Waals surface area contributed by atoms with E-state index in [1.165, 1.54) is 28.9 Å². The van der Waals surface area contributed by atoms with Gasteiger partial charge in [-0.2, -0.15) is 5.10 Å². The Labute approximate surface area is 213 Å². The first-order valence-electron chi connectivity index (χ1n) is 10.8. The van der Waals surface area contributed by atoms with Gasteiger partial charge in [-0.15, -0.1) is 0 Å². The monoisotopic (exact) mass is 526 g/mol. The number of rotatable bonds is 8. The summed E-state index contributed by atoms with van der Waals surface area (Å²) in [7, 11) is -3.90. The van der Waals surface area contributed by atoms with E-state index in [2.05, 4.69) is 25.1 Å². The highest BCUT2D eigenvalue weighted by atomic mass is 35.5. The van der Waals surface area contributed by atoms with E-state index in [-0.39, 0.29) is 23.3 Å². The Morgan fingerprint density at radius 3 is 2.36 bits per heavy atom. The van der Waals surface area contributed by atoms with E-state index >= 15 is 0 Å². The number of benzene rings is 2. The molecule has 4 aromatic rings. The minimum atomic E-state index is -3.90. The zero-order valence-electron chi connectivity index (χ0n) is 19.7. The van der Waals surface area contributed by atoms with Crippen LogP contribution in [0.2, 0.25) is 5.02 Å². The summed E-state index contributed by atoms with van der Waals surface area (Å²) >= 11 is 6.02. The summed E-state index contributed by atoms with van der Waals surface area (Å²) in [5.41, 5.74) is 2.77. The summed E-state index contributed by atoms with van der Waals surface area (Å²) in [6.45, 7) is 5.49. The first-order chi connectivity index (χ1) is 17.1. The summed E-state index contributed by atoms with van der Waals surface area (Å²) in [6.07, 6.45) is 1.62. The highest BCUT2D eigenvalue weighted by molar-refractivity contribution is 7.92. The number of hydrogen-bond donors (Lipinski definition) is 2. The molecule has 1 amide bonds. The number of hydrogen-bond acceptors (Lipinski definition) is 7. The Hall–Kier alpha value is -3.96. The molecule has 36 heavy (non-hydrogen) atoms. The van der Waals surface area contributed by atoms with Crippen LogP contribution in [-0.4, -0.2) is 34.1 Å². The number of amides is 1. The molecular weight excluding hydrogens is 504 g/mol. The van der Waals surface area contributed by atoms with Gasteiger partial charge in [0.2, 0.25) is 5.95 Å². The average Bonchev–Trinajstić information content (AvgIpc) is 3.28. The van der Waals surface area contributed by atoms with Gasteiger partial charge in [-0.1, -0.05) is 11.6 Å². The lowest BCUT2D eigenvalue weighted by atomic mass is 10.2. The Morgan fingerprint density at radius 2 is 1.69 bits per heavy atom. The fourth-order valence-electron chi connectivity index (χ4n) is 3.27. The largest absolute Gasteiger partial charge is 0.471 e. The average molecular weight is 527 g/mol. The van der Waals surface area contributed by atoms with Crippen molar-refractivity contribution in [3.05, 3.63) is 88.5 Å². The molecule has 0 unspecified atom stereocenters. The summed E-state index contributed by atoms with van der Waals surface area (Å²) in [5, 5.41) is 7.56. The lowest BCUT2D eigenvalue weighted by Gasteiger charge is -2.09. The van der Waals surface area contributed by atoms with E-state index in [0.29, 0.717) is 27.8 Å². The standard InChI is InChI=1S/C24H23ClN6O4S/c1-15-12-19(6-9-21(15)25)35-14-31-11-10-22(29-31)23(32)28-18-4-7-20(8-5-18)36(33,34)30-24-26-16(2)13-17(3)27-24/h4-13H,14H2,1-3H3,(H,28,32)(H,26,27,30). The fourth-order valence-corrected chi connectivity index (χ4v) is 4.33. The van der Waals surface area contributed by atoms with Crippen LogP contribution in [0.5, 0.6) is 5.75 Å². The van der Waals surface area contributed by atoms with Crippen LogP contribution in [0.1, 0.15) is 27.4 Å². The quantitative estimate of drug-likeness (QED) is 0.349. The molecule has 0 aliphatic rings. The number of anilines is 2. The first kappa shape index (κ1) is 25.1. The van der Waals surface area contributed by atoms with Gasteiger partial charge in [-0.05, 0) is 80.9 Å². The summed E-state index contributed by atoms with van der Waals surface area (Å²) in [4.78, 5) is 20.8. The third-order valence-corrected chi connectivity index (χ3v) is 6.76. The van der Waals surface area contributed by atoms with Crippen molar-refractivity contribution >= 4 is 39.2 Å². The van der Waals surface area contributed by atoms with Crippen LogP contribution in [-0.2, 0) is 16.8 Å². The molecule has 2 aromatic carbocycles. The molecule has 2 heterocycles. The minimum absolute atomic E-state index is 0.00196. The summed E-state index contributed by atoms with van der Waals surface area (Å²) in [5.74, 6) is 0.177. The number of nitrogens with zero attached hydrogens (tertiary/aromatic N) is 4. The number of ether oxygens (including phenoxy) is 1. The smallest absolute Gasteiger partial charge is 0.276 e. The molecule has 4 rings (SSSR count). The number of aromatic nitrogens is 4. The highest BCUT2D eigenvalue weighted by Crippen LogP contribution is 2.21. The third-order valence-electron chi connectivity index (χ3n) is 5.00. The molecule has 10 nitrogen and oxygen atoms in total. The second kappa shape index (κ2) is 10.3. The van der Waals surface area contributed by atoms with Crippen molar-refractivity contribution in [1.29, 1.82) is 0 Å². The number of nitrogens with one attached hydrogen (secondary N) is 2. The molecule has 0 radical (unpaired) electrons. The third kappa shape index (κ3) is 6.18. The van der Waals surface area contributed by atoms with Crippen molar-refractivity contribution < 1.29 is 17.9 Å². The molecule has 0 aliphatic carbocycles. The maximum atomic E-state index is 12.7. The predicted molar refractivity (Wildman–Crippen MR) is 136 cm³/mol. The molecule has 0 saturated carbocycles. The molecule has 2 aromatic heterocycles. The summed E-state index contributed by atoms with van der Waals surface area (Å²) < 4.78 is 34.9. The molecule has 0 fully saturated rings. The van der Waals surface area contributed by atoms with Crippen LogP contribution in [0.25, 0.3) is 0 Å². The molecule has 186 valence electrons. The van der Waals surface area contributed by atoms with E-state index in [1.807, 2.05) is 13.0 Å². The topological polar surface area (TPSA) is 128 Å². The van der Waals surface area contributed by atoms with Gasteiger partial charge >= 0.3 is 0 Å². The molecule has 0 aliphatic heterocycles.